The topological polar surface area (TPSA) is 43.4 Å². The molecule has 3 nitrogen and oxygen atoms in total. The molecule has 0 fully saturated rings. The summed E-state index contributed by atoms with van der Waals surface area (Å²) in [6.07, 6.45) is 6.08. The van der Waals surface area contributed by atoms with Crippen LogP contribution >= 0.6 is 0 Å². The Labute approximate surface area is 114 Å². The SMILES string of the molecule is COc1cccc2c1CCC(CCCCC=O)C2=O. The highest BCUT2D eigenvalue weighted by Gasteiger charge is 2.28. The zero-order valence-electron chi connectivity index (χ0n) is 11.4. The van der Waals surface area contributed by atoms with E-state index in [1.165, 1.54) is 0 Å². The van der Waals surface area contributed by atoms with Crippen molar-refractivity contribution >= 4 is 12.1 Å². The first-order valence-electron chi connectivity index (χ1n) is 6.91. The molecular weight excluding hydrogens is 240 g/mol. The van der Waals surface area contributed by atoms with Crippen molar-refractivity contribution in [1.82, 2.24) is 0 Å². The van der Waals surface area contributed by atoms with Crippen LogP contribution in [0.3, 0.4) is 0 Å². The molecule has 0 saturated carbocycles. The summed E-state index contributed by atoms with van der Waals surface area (Å²) in [6, 6.07) is 5.69. The minimum Gasteiger partial charge on any atom is -0.496 e. The molecule has 102 valence electrons. The van der Waals surface area contributed by atoms with Gasteiger partial charge in [0.2, 0.25) is 0 Å². The fourth-order valence-electron chi connectivity index (χ4n) is 2.81. The first-order chi connectivity index (χ1) is 9.27. The van der Waals surface area contributed by atoms with Crippen molar-refractivity contribution in [2.24, 2.45) is 5.92 Å². The number of carbonyl (C=O) groups is 2. The lowest BCUT2D eigenvalue weighted by Gasteiger charge is -2.24. The van der Waals surface area contributed by atoms with Crippen LogP contribution in [0.15, 0.2) is 18.2 Å². The van der Waals surface area contributed by atoms with E-state index < -0.39 is 0 Å². The molecule has 1 aliphatic carbocycles. The van der Waals surface area contributed by atoms with E-state index in [-0.39, 0.29) is 11.7 Å². The van der Waals surface area contributed by atoms with Gasteiger partial charge in [-0.15, -0.1) is 0 Å². The number of hydrogen-bond donors (Lipinski definition) is 0. The number of ether oxygens (including phenoxy) is 1. The van der Waals surface area contributed by atoms with E-state index in [0.29, 0.717) is 6.42 Å². The van der Waals surface area contributed by atoms with Gasteiger partial charge in [-0.05, 0) is 31.7 Å². The van der Waals surface area contributed by atoms with Crippen LogP contribution in [-0.4, -0.2) is 19.2 Å². The zero-order valence-corrected chi connectivity index (χ0v) is 11.4. The van der Waals surface area contributed by atoms with Crippen LogP contribution in [0.2, 0.25) is 0 Å². The molecule has 3 heteroatoms. The predicted octanol–water partition coefficient (Wildman–Crippen LogP) is 3.20. The second-order valence-electron chi connectivity index (χ2n) is 5.04. The Bertz CT molecular complexity index is 465. The molecule has 1 aromatic rings. The first kappa shape index (κ1) is 13.8. The summed E-state index contributed by atoms with van der Waals surface area (Å²) in [5.41, 5.74) is 1.88. The van der Waals surface area contributed by atoms with Crippen molar-refractivity contribution in [1.29, 1.82) is 0 Å². The highest BCUT2D eigenvalue weighted by molar-refractivity contribution is 6.00. The van der Waals surface area contributed by atoms with Gasteiger partial charge in [-0.3, -0.25) is 4.79 Å². The van der Waals surface area contributed by atoms with Crippen LogP contribution in [0.25, 0.3) is 0 Å². The Hall–Kier alpha value is -1.64. The molecule has 0 amide bonds. The normalized spacial score (nSPS) is 17.9. The fourth-order valence-corrected chi connectivity index (χ4v) is 2.81. The monoisotopic (exact) mass is 260 g/mol. The van der Waals surface area contributed by atoms with Crippen LogP contribution < -0.4 is 4.74 Å². The average Bonchev–Trinajstić information content (AvgIpc) is 2.45. The second kappa shape index (κ2) is 6.50. The summed E-state index contributed by atoms with van der Waals surface area (Å²) >= 11 is 0. The Morgan fingerprint density at radius 3 is 2.95 bits per heavy atom. The maximum absolute atomic E-state index is 12.4. The summed E-state index contributed by atoms with van der Waals surface area (Å²) in [5.74, 6) is 1.18. The maximum atomic E-state index is 12.4. The standard InChI is InChI=1S/C16H20O3/c1-19-15-8-5-7-14-13(15)10-9-12(16(14)18)6-3-2-4-11-17/h5,7-8,11-12H,2-4,6,9-10H2,1H3. The molecule has 1 aromatic carbocycles. The van der Waals surface area contributed by atoms with Crippen molar-refractivity contribution in [2.75, 3.05) is 7.11 Å². The summed E-state index contributed by atoms with van der Waals surface area (Å²) in [6.45, 7) is 0. The van der Waals surface area contributed by atoms with Crippen molar-refractivity contribution in [2.45, 2.75) is 38.5 Å². The molecule has 0 aromatic heterocycles. The number of ketones is 1. The smallest absolute Gasteiger partial charge is 0.166 e. The van der Waals surface area contributed by atoms with Crippen molar-refractivity contribution in [3.63, 3.8) is 0 Å². The molecule has 0 aliphatic heterocycles. The molecule has 0 heterocycles. The molecule has 19 heavy (non-hydrogen) atoms. The van der Waals surface area contributed by atoms with Crippen LogP contribution in [0, 0.1) is 5.92 Å². The summed E-state index contributed by atoms with van der Waals surface area (Å²) < 4.78 is 5.32. The first-order valence-corrected chi connectivity index (χ1v) is 6.91. The second-order valence-corrected chi connectivity index (χ2v) is 5.04. The quantitative estimate of drug-likeness (QED) is 0.582. The number of methoxy groups -OCH3 is 1. The van der Waals surface area contributed by atoms with Crippen LogP contribution in [0.1, 0.15) is 48.0 Å². The molecule has 0 radical (unpaired) electrons. The van der Waals surface area contributed by atoms with E-state index in [2.05, 4.69) is 0 Å². The molecule has 1 atom stereocenters. The van der Waals surface area contributed by atoms with Crippen LogP contribution in [-0.2, 0) is 11.2 Å². The number of unbranched alkanes of at least 4 members (excludes halogenated alkanes) is 2. The van der Waals surface area contributed by atoms with Gasteiger partial charge in [-0.1, -0.05) is 18.6 Å². The molecule has 1 aliphatic rings. The number of aldehydes is 1. The molecule has 0 N–H and O–H groups in total. The maximum Gasteiger partial charge on any atom is 0.166 e. The number of benzene rings is 1. The van der Waals surface area contributed by atoms with Gasteiger partial charge in [0.15, 0.2) is 5.78 Å². The molecule has 0 bridgehead atoms. The molecular formula is C16H20O3. The number of fused-ring (bicyclic) bond motifs is 1. The van der Waals surface area contributed by atoms with E-state index in [1.54, 1.807) is 7.11 Å². The highest BCUT2D eigenvalue weighted by Crippen LogP contribution is 2.33. The van der Waals surface area contributed by atoms with E-state index in [9.17, 15) is 9.59 Å². The van der Waals surface area contributed by atoms with Gasteiger partial charge in [-0.25, -0.2) is 0 Å². The van der Waals surface area contributed by atoms with Gasteiger partial charge < -0.3 is 9.53 Å². The van der Waals surface area contributed by atoms with Crippen molar-refractivity contribution in [3.05, 3.63) is 29.3 Å². The van der Waals surface area contributed by atoms with E-state index in [1.807, 2.05) is 18.2 Å². The van der Waals surface area contributed by atoms with Gasteiger partial charge in [0, 0.05) is 23.5 Å². The summed E-state index contributed by atoms with van der Waals surface area (Å²) in [4.78, 5) is 22.7. The van der Waals surface area contributed by atoms with Crippen molar-refractivity contribution in [3.8, 4) is 5.75 Å². The zero-order chi connectivity index (χ0) is 13.7. The summed E-state index contributed by atoms with van der Waals surface area (Å²) in [5, 5.41) is 0. The van der Waals surface area contributed by atoms with E-state index in [0.717, 1.165) is 55.3 Å². The third-order valence-corrected chi connectivity index (χ3v) is 3.86. The molecule has 1 unspecified atom stereocenters. The number of carbonyl (C=O) groups excluding carboxylic acids is 2. The average molecular weight is 260 g/mol. The molecule has 2 rings (SSSR count). The Balaban J connectivity index is 2.05. The number of hydrogen-bond acceptors (Lipinski definition) is 3. The van der Waals surface area contributed by atoms with Gasteiger partial charge in [0.05, 0.1) is 7.11 Å². The fraction of sp³-hybridized carbons (Fsp3) is 0.500. The lowest BCUT2D eigenvalue weighted by Crippen LogP contribution is -2.23. The highest BCUT2D eigenvalue weighted by atomic mass is 16.5. The third-order valence-electron chi connectivity index (χ3n) is 3.86. The van der Waals surface area contributed by atoms with Crippen LogP contribution in [0.5, 0.6) is 5.75 Å². The Morgan fingerprint density at radius 2 is 2.21 bits per heavy atom. The third kappa shape index (κ3) is 3.03. The van der Waals surface area contributed by atoms with Crippen molar-refractivity contribution < 1.29 is 14.3 Å². The molecule has 0 spiro atoms. The van der Waals surface area contributed by atoms with Gasteiger partial charge in [-0.2, -0.15) is 0 Å². The van der Waals surface area contributed by atoms with Gasteiger partial charge >= 0.3 is 0 Å². The minimum absolute atomic E-state index is 0.117. The van der Waals surface area contributed by atoms with Crippen LogP contribution in [0.4, 0.5) is 0 Å². The molecule has 0 saturated heterocycles. The largest absolute Gasteiger partial charge is 0.496 e. The predicted molar refractivity (Wildman–Crippen MR) is 73.7 cm³/mol. The number of rotatable bonds is 6. The van der Waals surface area contributed by atoms with E-state index >= 15 is 0 Å². The summed E-state index contributed by atoms with van der Waals surface area (Å²) in [7, 11) is 1.64. The lowest BCUT2D eigenvalue weighted by atomic mass is 9.80. The lowest BCUT2D eigenvalue weighted by molar-refractivity contribution is -0.107. The van der Waals surface area contributed by atoms with E-state index in [4.69, 9.17) is 4.74 Å². The van der Waals surface area contributed by atoms with Gasteiger partial charge in [0.25, 0.3) is 0 Å². The Kier molecular flexibility index (Phi) is 4.72. The minimum atomic E-state index is 0.117. The Morgan fingerprint density at radius 1 is 1.37 bits per heavy atom. The number of Topliss-reactive ketones (excluding diaryl/α,β-unsaturated/α-hetero) is 1. The van der Waals surface area contributed by atoms with Gasteiger partial charge in [0.1, 0.15) is 12.0 Å².